The highest BCUT2D eigenvalue weighted by atomic mass is 16.4. The summed E-state index contributed by atoms with van der Waals surface area (Å²) >= 11 is 0. The molecule has 1 aromatic carbocycles. The maximum atomic E-state index is 11.0. The number of nitrogens with zero attached hydrogens (tertiary/aromatic N) is 2. The van der Waals surface area contributed by atoms with Gasteiger partial charge in [-0.3, -0.25) is 4.68 Å². The van der Waals surface area contributed by atoms with Crippen LogP contribution in [-0.4, -0.2) is 20.9 Å². The minimum atomic E-state index is -1.00. The van der Waals surface area contributed by atoms with Crippen LogP contribution in [0.5, 0.6) is 0 Å². The number of hydrogen-bond acceptors (Lipinski definition) is 2. The molecule has 16 heavy (non-hydrogen) atoms. The number of hydrogen-bond donors (Lipinski definition) is 1. The number of fused-ring (bicyclic) bond motifs is 1. The number of para-hydroxylation sites is 1. The van der Waals surface area contributed by atoms with Crippen LogP contribution in [0.3, 0.4) is 0 Å². The Kier molecular flexibility index (Phi) is 2.48. The Bertz CT molecular complexity index is 569. The molecule has 1 aromatic heterocycles. The second kappa shape index (κ2) is 3.81. The van der Waals surface area contributed by atoms with Gasteiger partial charge in [0.25, 0.3) is 0 Å². The predicted octanol–water partition coefficient (Wildman–Crippen LogP) is 2.31. The third kappa shape index (κ3) is 1.69. The van der Waals surface area contributed by atoms with E-state index in [0.717, 1.165) is 11.1 Å². The SMILES string of the molecule is C=C(C)Cn1nc(C(=O)O)c2ccccc21. The molecule has 0 aliphatic rings. The van der Waals surface area contributed by atoms with Crippen molar-refractivity contribution in [2.24, 2.45) is 0 Å². The fourth-order valence-electron chi connectivity index (χ4n) is 1.66. The topological polar surface area (TPSA) is 55.1 Å². The first-order valence-corrected chi connectivity index (χ1v) is 4.93. The first kappa shape index (κ1) is 10.4. The van der Waals surface area contributed by atoms with E-state index in [1.54, 1.807) is 10.7 Å². The van der Waals surface area contributed by atoms with E-state index in [1.807, 2.05) is 25.1 Å². The molecular formula is C12H12N2O2. The molecule has 4 heteroatoms. The second-order valence-corrected chi connectivity index (χ2v) is 3.79. The third-order valence-electron chi connectivity index (χ3n) is 2.28. The highest BCUT2D eigenvalue weighted by molar-refractivity contribution is 6.01. The van der Waals surface area contributed by atoms with E-state index in [4.69, 9.17) is 5.11 Å². The molecule has 0 radical (unpaired) electrons. The average molecular weight is 216 g/mol. The zero-order valence-corrected chi connectivity index (χ0v) is 8.97. The molecule has 4 nitrogen and oxygen atoms in total. The molecular weight excluding hydrogens is 204 g/mol. The monoisotopic (exact) mass is 216 g/mol. The van der Waals surface area contributed by atoms with Crippen molar-refractivity contribution < 1.29 is 9.90 Å². The van der Waals surface area contributed by atoms with Gasteiger partial charge in [-0.05, 0) is 13.0 Å². The summed E-state index contributed by atoms with van der Waals surface area (Å²) in [5.74, 6) is -1.00. The van der Waals surface area contributed by atoms with E-state index in [1.165, 1.54) is 0 Å². The Labute approximate surface area is 92.8 Å². The fourth-order valence-corrected chi connectivity index (χ4v) is 1.66. The van der Waals surface area contributed by atoms with E-state index in [2.05, 4.69) is 11.7 Å². The highest BCUT2D eigenvalue weighted by Gasteiger charge is 2.15. The van der Waals surface area contributed by atoms with Gasteiger partial charge in [0.1, 0.15) is 0 Å². The standard InChI is InChI=1S/C12H12N2O2/c1-8(2)7-14-10-6-4-3-5-9(10)11(13-14)12(15)16/h3-6H,1,7H2,2H3,(H,15,16). The van der Waals surface area contributed by atoms with Gasteiger partial charge in [0, 0.05) is 5.39 Å². The van der Waals surface area contributed by atoms with Gasteiger partial charge in [-0.2, -0.15) is 5.10 Å². The van der Waals surface area contributed by atoms with Crippen LogP contribution in [0.15, 0.2) is 36.4 Å². The Balaban J connectivity index is 2.66. The summed E-state index contributed by atoms with van der Waals surface area (Å²) in [4.78, 5) is 11.0. The number of aromatic carboxylic acids is 1. The number of carbonyl (C=O) groups is 1. The van der Waals surface area contributed by atoms with Crippen molar-refractivity contribution in [3.05, 3.63) is 42.1 Å². The first-order valence-electron chi connectivity index (χ1n) is 4.93. The Hall–Kier alpha value is -2.10. The lowest BCUT2D eigenvalue weighted by molar-refractivity contribution is 0.0691. The lowest BCUT2D eigenvalue weighted by atomic mass is 10.2. The van der Waals surface area contributed by atoms with Crippen molar-refractivity contribution in [2.45, 2.75) is 13.5 Å². The molecule has 1 N–H and O–H groups in total. The molecule has 0 bridgehead atoms. The maximum absolute atomic E-state index is 11.0. The van der Waals surface area contributed by atoms with Gasteiger partial charge in [0.15, 0.2) is 5.69 Å². The van der Waals surface area contributed by atoms with Crippen LogP contribution >= 0.6 is 0 Å². The number of rotatable bonds is 3. The number of carboxylic acid groups (broad SMARTS) is 1. The van der Waals surface area contributed by atoms with Crippen molar-refractivity contribution in [1.29, 1.82) is 0 Å². The van der Waals surface area contributed by atoms with Gasteiger partial charge in [-0.1, -0.05) is 30.4 Å². The van der Waals surface area contributed by atoms with Crippen LogP contribution in [-0.2, 0) is 6.54 Å². The number of allylic oxidation sites excluding steroid dienone is 1. The van der Waals surface area contributed by atoms with Crippen LogP contribution in [0.4, 0.5) is 0 Å². The smallest absolute Gasteiger partial charge is 0.357 e. The summed E-state index contributed by atoms with van der Waals surface area (Å²) in [6.07, 6.45) is 0. The van der Waals surface area contributed by atoms with E-state index >= 15 is 0 Å². The zero-order valence-electron chi connectivity index (χ0n) is 8.97. The molecule has 2 aromatic rings. The molecule has 1 heterocycles. The minimum absolute atomic E-state index is 0.0943. The lowest BCUT2D eigenvalue weighted by Gasteiger charge is -2.01. The third-order valence-corrected chi connectivity index (χ3v) is 2.28. The fraction of sp³-hybridized carbons (Fsp3) is 0.167. The number of carboxylic acids is 1. The van der Waals surface area contributed by atoms with Gasteiger partial charge in [0.2, 0.25) is 0 Å². The van der Waals surface area contributed by atoms with E-state index in [-0.39, 0.29) is 5.69 Å². The van der Waals surface area contributed by atoms with Crippen LogP contribution in [0.1, 0.15) is 17.4 Å². The van der Waals surface area contributed by atoms with Crippen LogP contribution in [0.25, 0.3) is 10.9 Å². The first-order chi connectivity index (χ1) is 7.59. The lowest BCUT2D eigenvalue weighted by Crippen LogP contribution is -2.03. The highest BCUT2D eigenvalue weighted by Crippen LogP contribution is 2.19. The largest absolute Gasteiger partial charge is 0.476 e. The molecule has 2 rings (SSSR count). The summed E-state index contributed by atoms with van der Waals surface area (Å²) in [7, 11) is 0. The van der Waals surface area contributed by atoms with Gasteiger partial charge < -0.3 is 5.11 Å². The Morgan fingerprint density at radius 2 is 2.19 bits per heavy atom. The van der Waals surface area contributed by atoms with E-state index in [0.29, 0.717) is 11.9 Å². The van der Waals surface area contributed by atoms with Gasteiger partial charge in [-0.25, -0.2) is 4.79 Å². The Morgan fingerprint density at radius 3 is 2.81 bits per heavy atom. The number of benzene rings is 1. The summed E-state index contributed by atoms with van der Waals surface area (Å²) in [6.45, 7) is 6.22. The maximum Gasteiger partial charge on any atom is 0.357 e. The van der Waals surface area contributed by atoms with Crippen LogP contribution < -0.4 is 0 Å². The predicted molar refractivity (Wildman–Crippen MR) is 61.5 cm³/mol. The quantitative estimate of drug-likeness (QED) is 0.801. The van der Waals surface area contributed by atoms with Crippen molar-refractivity contribution in [3.63, 3.8) is 0 Å². The van der Waals surface area contributed by atoms with Crippen LogP contribution in [0.2, 0.25) is 0 Å². The molecule has 0 spiro atoms. The van der Waals surface area contributed by atoms with Crippen molar-refractivity contribution in [1.82, 2.24) is 9.78 Å². The van der Waals surface area contributed by atoms with Gasteiger partial charge in [-0.15, -0.1) is 0 Å². The van der Waals surface area contributed by atoms with Gasteiger partial charge in [0.05, 0.1) is 12.1 Å². The zero-order chi connectivity index (χ0) is 11.7. The normalized spacial score (nSPS) is 10.6. The molecule has 0 unspecified atom stereocenters. The molecule has 0 aliphatic carbocycles. The number of aromatic nitrogens is 2. The molecule has 0 aliphatic heterocycles. The molecule has 0 saturated carbocycles. The summed E-state index contributed by atoms with van der Waals surface area (Å²) in [5, 5.41) is 13.8. The molecule has 0 saturated heterocycles. The summed E-state index contributed by atoms with van der Waals surface area (Å²) in [6, 6.07) is 7.30. The van der Waals surface area contributed by atoms with Crippen LogP contribution in [0, 0.1) is 0 Å². The summed E-state index contributed by atoms with van der Waals surface area (Å²) < 4.78 is 1.67. The molecule has 0 atom stereocenters. The van der Waals surface area contributed by atoms with Crippen molar-refractivity contribution in [2.75, 3.05) is 0 Å². The van der Waals surface area contributed by atoms with Crippen molar-refractivity contribution >= 4 is 16.9 Å². The minimum Gasteiger partial charge on any atom is -0.476 e. The average Bonchev–Trinajstić information content (AvgIpc) is 2.57. The van der Waals surface area contributed by atoms with Gasteiger partial charge >= 0.3 is 5.97 Å². The molecule has 82 valence electrons. The Morgan fingerprint density at radius 1 is 1.50 bits per heavy atom. The van der Waals surface area contributed by atoms with Crippen molar-refractivity contribution in [3.8, 4) is 0 Å². The van der Waals surface area contributed by atoms with E-state index < -0.39 is 5.97 Å². The van der Waals surface area contributed by atoms with E-state index in [9.17, 15) is 4.79 Å². The molecule has 0 amide bonds. The summed E-state index contributed by atoms with van der Waals surface area (Å²) in [5.41, 5.74) is 1.85. The molecule has 0 fully saturated rings. The second-order valence-electron chi connectivity index (χ2n) is 3.79.